The highest BCUT2D eigenvalue weighted by Crippen LogP contribution is 2.18. The van der Waals surface area contributed by atoms with Crippen LogP contribution in [0.5, 0.6) is 0 Å². The number of esters is 1. The Morgan fingerprint density at radius 2 is 1.70 bits per heavy atom. The Bertz CT molecular complexity index is 485. The van der Waals surface area contributed by atoms with E-state index in [1.807, 2.05) is 39.8 Å². The first-order chi connectivity index (χ1) is 9.40. The first-order valence-electron chi connectivity index (χ1n) is 6.84. The van der Waals surface area contributed by atoms with E-state index in [1.165, 1.54) is 7.11 Å². The van der Waals surface area contributed by atoms with E-state index in [4.69, 9.17) is 0 Å². The molecule has 0 aliphatic rings. The minimum absolute atomic E-state index is 0.00404. The summed E-state index contributed by atoms with van der Waals surface area (Å²) in [5, 5.41) is 0. The van der Waals surface area contributed by atoms with Gasteiger partial charge in [-0.25, -0.2) is 0 Å². The van der Waals surface area contributed by atoms with Gasteiger partial charge in [0.1, 0.15) is 6.54 Å². The van der Waals surface area contributed by atoms with Crippen molar-refractivity contribution in [3.05, 3.63) is 34.4 Å². The van der Waals surface area contributed by atoms with Crippen molar-refractivity contribution in [1.29, 1.82) is 0 Å². The van der Waals surface area contributed by atoms with E-state index in [1.54, 1.807) is 4.90 Å². The van der Waals surface area contributed by atoms with Crippen molar-refractivity contribution in [2.24, 2.45) is 0 Å². The summed E-state index contributed by atoms with van der Waals surface area (Å²) < 4.78 is 4.66. The molecule has 1 aromatic carbocycles. The maximum atomic E-state index is 12.7. The van der Waals surface area contributed by atoms with Gasteiger partial charge in [-0.2, -0.15) is 0 Å². The van der Waals surface area contributed by atoms with Gasteiger partial charge in [0.25, 0.3) is 5.91 Å². The van der Waals surface area contributed by atoms with E-state index in [0.717, 1.165) is 23.1 Å². The molecule has 0 heterocycles. The number of hydrogen-bond acceptors (Lipinski definition) is 3. The molecule has 1 rings (SSSR count). The number of methoxy groups -OCH3 is 1. The van der Waals surface area contributed by atoms with Crippen LogP contribution in [0.3, 0.4) is 0 Å². The average molecular weight is 277 g/mol. The molecular weight excluding hydrogens is 254 g/mol. The van der Waals surface area contributed by atoms with Crippen LogP contribution in [0.1, 0.15) is 40.4 Å². The van der Waals surface area contributed by atoms with Crippen LogP contribution in [-0.2, 0) is 9.53 Å². The highest BCUT2D eigenvalue weighted by atomic mass is 16.5. The summed E-state index contributed by atoms with van der Waals surface area (Å²) in [6, 6.07) is 3.98. The van der Waals surface area contributed by atoms with E-state index >= 15 is 0 Å². The molecule has 20 heavy (non-hydrogen) atoms. The minimum atomic E-state index is -0.394. The van der Waals surface area contributed by atoms with Crippen LogP contribution in [0.25, 0.3) is 0 Å². The summed E-state index contributed by atoms with van der Waals surface area (Å²) >= 11 is 0. The van der Waals surface area contributed by atoms with Crippen LogP contribution < -0.4 is 0 Å². The fourth-order valence-corrected chi connectivity index (χ4v) is 2.42. The Morgan fingerprint density at radius 3 is 2.15 bits per heavy atom. The molecule has 0 saturated carbocycles. The summed E-state index contributed by atoms with van der Waals surface area (Å²) in [6.45, 7) is 8.38. The molecule has 0 unspecified atom stereocenters. The second-order valence-corrected chi connectivity index (χ2v) is 5.08. The Hall–Kier alpha value is -1.84. The molecule has 0 aromatic heterocycles. The van der Waals surface area contributed by atoms with Crippen molar-refractivity contribution in [3.63, 3.8) is 0 Å². The van der Waals surface area contributed by atoms with Gasteiger partial charge in [-0.3, -0.25) is 9.59 Å². The van der Waals surface area contributed by atoms with Gasteiger partial charge in [-0.05, 0) is 38.3 Å². The highest BCUT2D eigenvalue weighted by Gasteiger charge is 2.21. The Labute approximate surface area is 120 Å². The predicted molar refractivity (Wildman–Crippen MR) is 78.9 cm³/mol. The highest BCUT2D eigenvalue weighted by molar-refractivity contribution is 5.98. The molecule has 1 amide bonds. The van der Waals surface area contributed by atoms with Gasteiger partial charge in [0.2, 0.25) is 0 Å². The van der Waals surface area contributed by atoms with Crippen LogP contribution in [-0.4, -0.2) is 37.0 Å². The third kappa shape index (κ3) is 3.83. The van der Waals surface area contributed by atoms with Crippen LogP contribution in [0.2, 0.25) is 0 Å². The lowest BCUT2D eigenvalue weighted by Gasteiger charge is -2.23. The van der Waals surface area contributed by atoms with E-state index in [2.05, 4.69) is 4.74 Å². The molecule has 1 aromatic rings. The molecule has 0 radical (unpaired) electrons. The molecule has 0 atom stereocenters. The third-order valence-corrected chi connectivity index (χ3v) is 3.22. The van der Waals surface area contributed by atoms with Gasteiger partial charge in [0, 0.05) is 12.1 Å². The number of benzene rings is 1. The molecule has 0 aliphatic heterocycles. The first-order valence-corrected chi connectivity index (χ1v) is 6.84. The zero-order chi connectivity index (χ0) is 15.3. The number of rotatable bonds is 5. The molecule has 0 N–H and O–H groups in total. The van der Waals surface area contributed by atoms with E-state index in [9.17, 15) is 9.59 Å². The van der Waals surface area contributed by atoms with Crippen LogP contribution in [0.4, 0.5) is 0 Å². The Morgan fingerprint density at radius 1 is 1.15 bits per heavy atom. The lowest BCUT2D eigenvalue weighted by atomic mass is 9.98. The second kappa shape index (κ2) is 7.08. The fraction of sp³-hybridized carbons (Fsp3) is 0.500. The Balaban J connectivity index is 3.09. The monoisotopic (exact) mass is 277 g/mol. The van der Waals surface area contributed by atoms with E-state index in [-0.39, 0.29) is 12.5 Å². The van der Waals surface area contributed by atoms with Crippen molar-refractivity contribution in [1.82, 2.24) is 4.90 Å². The minimum Gasteiger partial charge on any atom is -0.468 e. The molecule has 4 nitrogen and oxygen atoms in total. The Kier molecular flexibility index (Phi) is 5.74. The predicted octanol–water partition coefficient (Wildman–Crippen LogP) is 2.64. The number of hydrogen-bond donors (Lipinski definition) is 0. The smallest absolute Gasteiger partial charge is 0.325 e. The fourth-order valence-electron chi connectivity index (χ4n) is 2.42. The summed E-state index contributed by atoms with van der Waals surface area (Å²) in [6.07, 6.45) is 0.798. The van der Waals surface area contributed by atoms with E-state index < -0.39 is 5.97 Å². The van der Waals surface area contributed by atoms with Gasteiger partial charge in [-0.1, -0.05) is 24.6 Å². The third-order valence-electron chi connectivity index (χ3n) is 3.22. The largest absolute Gasteiger partial charge is 0.468 e. The first kappa shape index (κ1) is 16.2. The maximum absolute atomic E-state index is 12.7. The molecule has 110 valence electrons. The lowest BCUT2D eigenvalue weighted by molar-refractivity contribution is -0.141. The molecule has 0 fully saturated rings. The summed E-state index contributed by atoms with van der Waals surface area (Å²) in [5.41, 5.74) is 3.71. The van der Waals surface area contributed by atoms with Crippen LogP contribution in [0, 0.1) is 20.8 Å². The number of carbonyl (C=O) groups is 2. The maximum Gasteiger partial charge on any atom is 0.325 e. The van der Waals surface area contributed by atoms with Gasteiger partial charge < -0.3 is 9.64 Å². The van der Waals surface area contributed by atoms with Crippen molar-refractivity contribution < 1.29 is 14.3 Å². The number of ether oxygens (including phenoxy) is 1. The molecule has 4 heteroatoms. The number of nitrogens with zero attached hydrogens (tertiary/aromatic N) is 1. The van der Waals surface area contributed by atoms with Crippen molar-refractivity contribution in [3.8, 4) is 0 Å². The zero-order valence-electron chi connectivity index (χ0n) is 12.9. The normalized spacial score (nSPS) is 10.2. The van der Waals surface area contributed by atoms with Crippen molar-refractivity contribution >= 4 is 11.9 Å². The topological polar surface area (TPSA) is 46.6 Å². The SMILES string of the molecule is CCCN(CC(=O)OC)C(=O)c1c(C)cc(C)cc1C. The quantitative estimate of drug-likeness (QED) is 0.777. The number of carbonyl (C=O) groups excluding carboxylic acids is 2. The summed E-state index contributed by atoms with van der Waals surface area (Å²) in [4.78, 5) is 25.7. The standard InChI is InChI=1S/C16H23NO3/c1-6-7-17(10-14(18)20-5)16(19)15-12(3)8-11(2)9-13(15)4/h8-9H,6-7,10H2,1-5H3. The average Bonchev–Trinajstić information content (AvgIpc) is 2.36. The van der Waals surface area contributed by atoms with Crippen LogP contribution >= 0.6 is 0 Å². The molecule has 0 aliphatic carbocycles. The lowest BCUT2D eigenvalue weighted by Crippen LogP contribution is -2.37. The molecular formula is C16H23NO3. The van der Waals surface area contributed by atoms with Gasteiger partial charge in [0.05, 0.1) is 7.11 Å². The molecule has 0 bridgehead atoms. The number of amides is 1. The molecule has 0 saturated heterocycles. The zero-order valence-corrected chi connectivity index (χ0v) is 12.9. The van der Waals surface area contributed by atoms with Gasteiger partial charge in [-0.15, -0.1) is 0 Å². The van der Waals surface area contributed by atoms with E-state index in [0.29, 0.717) is 12.1 Å². The van der Waals surface area contributed by atoms with Gasteiger partial charge in [0.15, 0.2) is 0 Å². The van der Waals surface area contributed by atoms with Crippen molar-refractivity contribution in [2.75, 3.05) is 20.2 Å². The summed E-state index contributed by atoms with van der Waals surface area (Å²) in [5.74, 6) is -0.499. The van der Waals surface area contributed by atoms with Crippen LogP contribution in [0.15, 0.2) is 12.1 Å². The molecule has 0 spiro atoms. The van der Waals surface area contributed by atoms with Crippen molar-refractivity contribution in [2.45, 2.75) is 34.1 Å². The summed E-state index contributed by atoms with van der Waals surface area (Å²) in [7, 11) is 1.33. The second-order valence-electron chi connectivity index (χ2n) is 5.08. The van der Waals surface area contributed by atoms with Gasteiger partial charge >= 0.3 is 5.97 Å². The number of aryl methyl sites for hydroxylation is 3.